The Labute approximate surface area is 274 Å². The summed E-state index contributed by atoms with van der Waals surface area (Å²) in [6, 6.07) is 6.31. The first-order chi connectivity index (χ1) is 23.2. The van der Waals surface area contributed by atoms with E-state index in [9.17, 15) is 9.50 Å². The van der Waals surface area contributed by atoms with Crippen LogP contribution in [0.25, 0.3) is 32.8 Å². The van der Waals surface area contributed by atoms with Crippen LogP contribution >= 0.6 is 0 Å². The summed E-state index contributed by atoms with van der Waals surface area (Å²) >= 11 is 0. The lowest BCUT2D eigenvalue weighted by Gasteiger charge is -2.34. The second-order valence-corrected chi connectivity index (χ2v) is 14.2. The molecule has 4 unspecified atom stereocenters. The lowest BCUT2D eigenvalue weighted by Crippen LogP contribution is -2.51. The molecule has 13 heteroatoms. The predicted octanol–water partition coefficient (Wildman–Crippen LogP) is 4.48. The zero-order valence-electron chi connectivity index (χ0n) is 26.2. The molecule has 9 rings (SSSR count). The number of benzene rings is 3. The smallest absolute Gasteiger partial charge is 0.319 e. The molecule has 2 bridgehead atoms. The molecule has 0 radical (unpaired) electrons. The van der Waals surface area contributed by atoms with E-state index >= 15 is 13.2 Å². The molecule has 9 nitrogen and oxygen atoms in total. The highest BCUT2D eigenvalue weighted by atomic mass is 19.2. The summed E-state index contributed by atoms with van der Waals surface area (Å²) in [4.78, 5) is 13.7. The van der Waals surface area contributed by atoms with Crippen molar-refractivity contribution in [3.63, 3.8) is 0 Å². The third kappa shape index (κ3) is 5.22. The number of aromatic hydroxyl groups is 1. The molecule has 4 atom stereocenters. The largest absolute Gasteiger partial charge is 0.508 e. The Kier molecular flexibility index (Phi) is 7.19. The number of ether oxygens (including phenoxy) is 2. The van der Waals surface area contributed by atoms with Crippen molar-refractivity contribution >= 4 is 27.5 Å². The molecule has 3 N–H and O–H groups in total. The summed E-state index contributed by atoms with van der Waals surface area (Å²) in [7, 11) is 0. The quantitative estimate of drug-likeness (QED) is 0.247. The molecule has 1 aromatic heterocycles. The fourth-order valence-corrected chi connectivity index (χ4v) is 8.28. The number of nitrogens with one attached hydrogen (secondary N) is 2. The van der Waals surface area contributed by atoms with Crippen molar-refractivity contribution in [3.8, 4) is 22.9 Å². The van der Waals surface area contributed by atoms with Crippen LogP contribution in [0.4, 0.5) is 23.4 Å². The van der Waals surface area contributed by atoms with E-state index in [1.165, 1.54) is 12.1 Å². The molecule has 5 fully saturated rings. The zero-order valence-corrected chi connectivity index (χ0v) is 26.2. The van der Waals surface area contributed by atoms with Gasteiger partial charge in [0, 0.05) is 79.1 Å². The van der Waals surface area contributed by atoms with Gasteiger partial charge in [0.1, 0.15) is 22.9 Å². The fourth-order valence-electron chi connectivity index (χ4n) is 8.28. The van der Waals surface area contributed by atoms with Crippen LogP contribution in [0.3, 0.4) is 0 Å². The van der Waals surface area contributed by atoms with E-state index in [2.05, 4.69) is 20.5 Å². The van der Waals surface area contributed by atoms with E-state index in [4.69, 9.17) is 14.5 Å². The Morgan fingerprint density at radius 3 is 2.54 bits per heavy atom. The van der Waals surface area contributed by atoms with Gasteiger partial charge in [-0.2, -0.15) is 9.97 Å². The van der Waals surface area contributed by atoms with Gasteiger partial charge in [-0.25, -0.2) is 17.6 Å². The molecule has 4 aliphatic heterocycles. The number of morpholine rings is 1. The number of rotatable bonds is 7. The summed E-state index contributed by atoms with van der Waals surface area (Å²) < 4.78 is 74.7. The number of piperazine rings is 1. The average molecular weight is 665 g/mol. The van der Waals surface area contributed by atoms with E-state index in [-0.39, 0.29) is 62.6 Å². The number of hydrogen-bond donors (Lipinski definition) is 3. The number of likely N-dealkylation sites (tertiary alicyclic amines) is 1. The van der Waals surface area contributed by atoms with E-state index in [1.54, 1.807) is 0 Å². The molecular weight excluding hydrogens is 628 g/mol. The summed E-state index contributed by atoms with van der Waals surface area (Å²) in [5, 5.41) is 17.5. The van der Waals surface area contributed by atoms with E-state index in [0.717, 1.165) is 76.7 Å². The van der Waals surface area contributed by atoms with E-state index in [1.807, 2.05) is 4.90 Å². The average Bonchev–Trinajstić information content (AvgIpc) is 3.57. The topological polar surface area (TPSA) is 95.0 Å². The maximum absolute atomic E-state index is 16.8. The second-order valence-electron chi connectivity index (χ2n) is 14.2. The summed E-state index contributed by atoms with van der Waals surface area (Å²) in [6.07, 6.45) is 4.13. The van der Waals surface area contributed by atoms with Crippen LogP contribution in [0.15, 0.2) is 30.3 Å². The number of halogens is 4. The van der Waals surface area contributed by atoms with Crippen LogP contribution in [0.1, 0.15) is 25.7 Å². The van der Waals surface area contributed by atoms with Gasteiger partial charge in [0.05, 0.1) is 24.9 Å². The van der Waals surface area contributed by atoms with Crippen LogP contribution in [0.5, 0.6) is 11.8 Å². The minimum atomic E-state index is -1.26. The predicted molar refractivity (Wildman–Crippen MR) is 171 cm³/mol. The Balaban J connectivity index is 1.10. The van der Waals surface area contributed by atoms with Gasteiger partial charge in [-0.05, 0) is 55.3 Å². The highest BCUT2D eigenvalue weighted by molar-refractivity contribution is 6.02. The number of nitrogens with zero attached hydrogens (tertiary/aromatic N) is 4. The fraction of sp³-hybridized carbons (Fsp3) is 0.486. The van der Waals surface area contributed by atoms with Crippen LogP contribution in [0, 0.1) is 28.7 Å². The van der Waals surface area contributed by atoms with Gasteiger partial charge in [0.15, 0.2) is 17.5 Å². The molecule has 5 heterocycles. The van der Waals surface area contributed by atoms with Gasteiger partial charge in [0.25, 0.3) is 0 Å². The molecular formula is C35H36F4N6O3. The number of phenols is 1. The van der Waals surface area contributed by atoms with Crippen LogP contribution in [0.2, 0.25) is 0 Å². The first kappa shape index (κ1) is 30.3. The van der Waals surface area contributed by atoms with Gasteiger partial charge in [-0.3, -0.25) is 4.90 Å². The van der Waals surface area contributed by atoms with Gasteiger partial charge >= 0.3 is 6.01 Å². The Bertz CT molecular complexity index is 1920. The molecule has 4 aromatic rings. The monoisotopic (exact) mass is 664 g/mol. The first-order valence-electron chi connectivity index (χ1n) is 16.8. The van der Waals surface area contributed by atoms with Crippen molar-refractivity contribution in [1.82, 2.24) is 25.5 Å². The van der Waals surface area contributed by atoms with Crippen molar-refractivity contribution in [2.24, 2.45) is 5.41 Å². The number of aromatic nitrogens is 2. The number of hydrogen-bond acceptors (Lipinski definition) is 9. The Morgan fingerprint density at radius 2 is 1.77 bits per heavy atom. The number of phenolic OH excluding ortho intramolecular Hbond substituents is 1. The minimum Gasteiger partial charge on any atom is -0.508 e. The molecule has 48 heavy (non-hydrogen) atoms. The molecule has 4 saturated heterocycles. The maximum atomic E-state index is 16.8. The van der Waals surface area contributed by atoms with E-state index < -0.39 is 28.8 Å². The second kappa shape index (κ2) is 11.4. The Morgan fingerprint density at radius 1 is 0.958 bits per heavy atom. The first-order valence-corrected chi connectivity index (χ1v) is 16.8. The van der Waals surface area contributed by atoms with Crippen molar-refractivity contribution in [2.45, 2.75) is 49.9 Å². The molecule has 1 aliphatic carbocycles. The zero-order chi connectivity index (χ0) is 32.7. The normalized spacial score (nSPS) is 26.4. The van der Waals surface area contributed by atoms with Crippen LogP contribution in [-0.4, -0.2) is 96.7 Å². The highest BCUT2D eigenvalue weighted by Crippen LogP contribution is 2.47. The molecule has 3 aromatic carbocycles. The molecule has 0 spiro atoms. The minimum absolute atomic E-state index is 0.0239. The molecule has 1 saturated carbocycles. The van der Waals surface area contributed by atoms with Crippen LogP contribution in [-0.2, 0) is 4.74 Å². The van der Waals surface area contributed by atoms with Gasteiger partial charge in [-0.15, -0.1) is 0 Å². The standard InChI is InChI=1S/C35H36F4N6O3/c36-24-4-1-18-9-21(46)10-22(28(18)30(24)38)29-25(37)11-23-32(31(29)39)42-34(43-33(23)45-12-19-2-3-20(13-45)41-19)48-17-35(5-6-35)16-44-14-26-27(15-44)47-8-7-40-26/h1,4,9-11,19-20,26-27,40-41,46H,2-3,5-8,12-17H2. The number of anilines is 1. The van der Waals surface area contributed by atoms with Gasteiger partial charge < -0.3 is 30.1 Å². The third-order valence-corrected chi connectivity index (χ3v) is 10.8. The van der Waals surface area contributed by atoms with Crippen LogP contribution < -0.4 is 20.3 Å². The Hall–Kier alpha value is -3.78. The third-order valence-electron chi connectivity index (χ3n) is 10.8. The lowest BCUT2D eigenvalue weighted by atomic mass is 9.95. The lowest BCUT2D eigenvalue weighted by molar-refractivity contribution is 0.0169. The van der Waals surface area contributed by atoms with Gasteiger partial charge in [-0.1, -0.05) is 6.07 Å². The summed E-state index contributed by atoms with van der Waals surface area (Å²) in [5.74, 6) is -4.49. The molecule has 5 aliphatic rings. The number of fused-ring (bicyclic) bond motifs is 5. The van der Waals surface area contributed by atoms with Crippen molar-refractivity contribution < 1.29 is 32.1 Å². The molecule has 0 amide bonds. The van der Waals surface area contributed by atoms with Crippen molar-refractivity contribution in [3.05, 3.63) is 53.6 Å². The SMILES string of the molecule is Oc1cc(-c2c(F)cc3c(N4CC5CCC(C4)N5)nc(OCC4(CN5CC6NCCOC6C5)CC4)nc3c2F)c2c(F)c(F)ccc2c1. The van der Waals surface area contributed by atoms with Crippen molar-refractivity contribution in [2.75, 3.05) is 57.4 Å². The van der Waals surface area contributed by atoms with E-state index in [0.29, 0.717) is 31.6 Å². The maximum Gasteiger partial charge on any atom is 0.319 e. The summed E-state index contributed by atoms with van der Waals surface area (Å²) in [6.45, 7) is 5.71. The highest BCUT2D eigenvalue weighted by Gasteiger charge is 2.48. The van der Waals surface area contributed by atoms with Gasteiger partial charge in [0.2, 0.25) is 0 Å². The summed E-state index contributed by atoms with van der Waals surface area (Å²) in [5.41, 5.74) is -1.21. The van der Waals surface area contributed by atoms with Crippen molar-refractivity contribution in [1.29, 1.82) is 0 Å². The molecule has 252 valence electrons.